The number of piperidine rings is 1. The molecular weight excluding hydrogens is 477 g/mol. The average Bonchev–Trinajstić information content (AvgIpc) is 3.66. The van der Waals surface area contributed by atoms with Crippen molar-refractivity contribution in [3.8, 4) is 16.9 Å². The molecule has 0 aromatic heterocycles. The fourth-order valence-electron chi connectivity index (χ4n) is 4.84. The molecule has 1 spiro atoms. The van der Waals surface area contributed by atoms with Gasteiger partial charge in [-0.15, -0.1) is 0 Å². The molecule has 5 rings (SSSR count). The number of morpholine rings is 1. The van der Waals surface area contributed by atoms with Crippen LogP contribution in [0.4, 0.5) is 4.39 Å². The number of amides is 2. The molecule has 0 atom stereocenters. The number of nitrogens with zero attached hydrogens (tertiary/aromatic N) is 2. The molecule has 2 aliphatic heterocycles. The molecule has 0 radical (unpaired) electrons. The Kier molecular flexibility index (Phi) is 5.81. The van der Waals surface area contributed by atoms with E-state index in [1.807, 2.05) is 4.90 Å². The van der Waals surface area contributed by atoms with E-state index in [0.29, 0.717) is 30.5 Å². The molecule has 186 valence electrons. The van der Waals surface area contributed by atoms with Crippen molar-refractivity contribution < 1.29 is 32.2 Å². The summed E-state index contributed by atoms with van der Waals surface area (Å²) in [5.41, 5.74) is 5.31. The van der Waals surface area contributed by atoms with Gasteiger partial charge in [0.05, 0.1) is 17.7 Å². The van der Waals surface area contributed by atoms with E-state index in [9.17, 15) is 23.1 Å². The van der Waals surface area contributed by atoms with Gasteiger partial charge in [-0.05, 0) is 61.1 Å². The van der Waals surface area contributed by atoms with Gasteiger partial charge in [-0.25, -0.2) is 12.8 Å². The standard InChI is InChI=1S/C24H26FN3O6S/c25-19-12-16(15-1-5-20(29)18(11-15)23(26)31)2-6-21(19)35(32,33)27-9-7-24(8-10-27)14-28(17-3-4-17)22(30)13-34-24/h1-2,5-6,11-12,17,29H,3-4,7-10,13-14H2,(H2,26,31). The summed E-state index contributed by atoms with van der Waals surface area (Å²) in [6.07, 6.45) is 2.83. The first-order valence-electron chi connectivity index (χ1n) is 11.5. The first-order valence-corrected chi connectivity index (χ1v) is 12.9. The zero-order valence-corrected chi connectivity index (χ0v) is 19.8. The molecule has 11 heteroatoms. The number of halogens is 1. The summed E-state index contributed by atoms with van der Waals surface area (Å²) >= 11 is 0. The van der Waals surface area contributed by atoms with Crippen LogP contribution in [0.3, 0.4) is 0 Å². The number of sulfonamides is 1. The summed E-state index contributed by atoms with van der Waals surface area (Å²) in [6, 6.07) is 8.07. The van der Waals surface area contributed by atoms with Gasteiger partial charge in [0, 0.05) is 19.1 Å². The molecule has 0 unspecified atom stereocenters. The molecule has 1 aliphatic carbocycles. The second-order valence-corrected chi connectivity index (χ2v) is 11.3. The zero-order chi connectivity index (χ0) is 25.0. The molecule has 3 aliphatic rings. The van der Waals surface area contributed by atoms with E-state index >= 15 is 4.39 Å². The van der Waals surface area contributed by atoms with Crippen molar-refractivity contribution >= 4 is 21.8 Å². The van der Waals surface area contributed by atoms with Crippen LogP contribution in [0.1, 0.15) is 36.0 Å². The number of benzene rings is 2. The van der Waals surface area contributed by atoms with Crippen LogP contribution in [-0.2, 0) is 19.6 Å². The van der Waals surface area contributed by atoms with Gasteiger partial charge < -0.3 is 20.5 Å². The summed E-state index contributed by atoms with van der Waals surface area (Å²) in [5.74, 6) is -2.07. The maximum atomic E-state index is 15.0. The molecule has 3 fully saturated rings. The second-order valence-electron chi connectivity index (χ2n) is 9.37. The second kappa shape index (κ2) is 8.58. The first-order chi connectivity index (χ1) is 16.6. The monoisotopic (exact) mass is 503 g/mol. The van der Waals surface area contributed by atoms with Crippen molar-refractivity contribution in [1.29, 1.82) is 0 Å². The van der Waals surface area contributed by atoms with Crippen LogP contribution >= 0.6 is 0 Å². The topological polar surface area (TPSA) is 130 Å². The lowest BCUT2D eigenvalue weighted by atomic mass is 9.90. The predicted octanol–water partition coefficient (Wildman–Crippen LogP) is 1.84. The third-order valence-corrected chi connectivity index (χ3v) is 8.98. The van der Waals surface area contributed by atoms with Crippen molar-refractivity contribution in [3.05, 3.63) is 47.8 Å². The molecule has 2 saturated heterocycles. The molecule has 2 amide bonds. The minimum Gasteiger partial charge on any atom is -0.507 e. The Labute approximate surface area is 202 Å². The Morgan fingerprint density at radius 3 is 2.40 bits per heavy atom. The highest BCUT2D eigenvalue weighted by atomic mass is 32.2. The summed E-state index contributed by atoms with van der Waals surface area (Å²) in [5, 5.41) is 9.76. The summed E-state index contributed by atoms with van der Waals surface area (Å²) < 4.78 is 48.7. The number of rotatable bonds is 5. The summed E-state index contributed by atoms with van der Waals surface area (Å²) in [7, 11) is -4.10. The number of aromatic hydroxyl groups is 1. The lowest BCUT2D eigenvalue weighted by molar-refractivity contribution is -0.170. The van der Waals surface area contributed by atoms with Gasteiger partial charge in [0.1, 0.15) is 23.1 Å². The Morgan fingerprint density at radius 1 is 1.11 bits per heavy atom. The molecule has 2 heterocycles. The molecular formula is C24H26FN3O6S. The Bertz CT molecular complexity index is 1300. The van der Waals surface area contributed by atoms with E-state index in [1.165, 1.54) is 34.6 Å². The fourth-order valence-corrected chi connectivity index (χ4v) is 6.33. The molecule has 9 nitrogen and oxygen atoms in total. The van der Waals surface area contributed by atoms with Crippen LogP contribution in [0.25, 0.3) is 11.1 Å². The predicted molar refractivity (Wildman–Crippen MR) is 123 cm³/mol. The minimum absolute atomic E-state index is 0.00800. The fraction of sp³-hybridized carbons (Fsp3) is 0.417. The van der Waals surface area contributed by atoms with Crippen molar-refractivity contribution in [2.45, 2.75) is 42.2 Å². The van der Waals surface area contributed by atoms with Crippen LogP contribution < -0.4 is 5.73 Å². The number of carbonyl (C=O) groups excluding carboxylic acids is 2. The molecule has 35 heavy (non-hydrogen) atoms. The molecule has 3 N–H and O–H groups in total. The van der Waals surface area contributed by atoms with E-state index < -0.39 is 32.2 Å². The number of carbonyl (C=O) groups is 2. The van der Waals surface area contributed by atoms with Crippen molar-refractivity contribution in [3.63, 3.8) is 0 Å². The van der Waals surface area contributed by atoms with Gasteiger partial charge in [-0.1, -0.05) is 12.1 Å². The summed E-state index contributed by atoms with van der Waals surface area (Å²) in [6.45, 7) is 0.799. The molecule has 2 aromatic rings. The highest BCUT2D eigenvalue weighted by Gasteiger charge is 2.47. The van der Waals surface area contributed by atoms with E-state index in [0.717, 1.165) is 18.9 Å². The number of ether oxygens (including phenoxy) is 1. The smallest absolute Gasteiger partial charge is 0.252 e. The zero-order valence-electron chi connectivity index (χ0n) is 18.9. The van der Waals surface area contributed by atoms with Gasteiger partial charge in [-0.3, -0.25) is 9.59 Å². The van der Waals surface area contributed by atoms with Gasteiger partial charge in [0.2, 0.25) is 15.9 Å². The highest BCUT2D eigenvalue weighted by Crippen LogP contribution is 2.38. The largest absolute Gasteiger partial charge is 0.507 e. The van der Waals surface area contributed by atoms with Gasteiger partial charge >= 0.3 is 0 Å². The van der Waals surface area contributed by atoms with E-state index in [1.54, 1.807) is 0 Å². The van der Waals surface area contributed by atoms with Crippen LogP contribution in [0, 0.1) is 5.82 Å². The van der Waals surface area contributed by atoms with Crippen molar-refractivity contribution in [2.24, 2.45) is 5.73 Å². The third-order valence-electron chi connectivity index (χ3n) is 7.05. The summed E-state index contributed by atoms with van der Waals surface area (Å²) in [4.78, 5) is 25.1. The van der Waals surface area contributed by atoms with E-state index in [2.05, 4.69) is 0 Å². The maximum Gasteiger partial charge on any atom is 0.252 e. The highest BCUT2D eigenvalue weighted by molar-refractivity contribution is 7.89. The first kappa shape index (κ1) is 23.7. The number of hydrogen-bond donors (Lipinski definition) is 2. The average molecular weight is 504 g/mol. The van der Waals surface area contributed by atoms with Crippen LogP contribution in [0.2, 0.25) is 0 Å². The lowest BCUT2D eigenvalue weighted by Gasteiger charge is -2.46. The van der Waals surface area contributed by atoms with Crippen LogP contribution in [-0.4, -0.2) is 72.4 Å². The van der Waals surface area contributed by atoms with Gasteiger partial charge in [-0.2, -0.15) is 4.31 Å². The van der Waals surface area contributed by atoms with Crippen LogP contribution in [0.15, 0.2) is 41.3 Å². The number of phenols is 1. The van der Waals surface area contributed by atoms with Gasteiger partial charge in [0.25, 0.3) is 5.91 Å². The quantitative estimate of drug-likeness (QED) is 0.640. The maximum absolute atomic E-state index is 15.0. The SMILES string of the molecule is NC(=O)c1cc(-c2ccc(S(=O)(=O)N3CCC4(CC3)CN(C3CC3)C(=O)CO4)c(F)c2)ccc1O. The number of primary amides is 1. The van der Waals surface area contributed by atoms with Crippen LogP contribution in [0.5, 0.6) is 5.75 Å². The van der Waals surface area contributed by atoms with Gasteiger partial charge in [0.15, 0.2) is 0 Å². The molecule has 0 bridgehead atoms. The van der Waals surface area contributed by atoms with Crippen molar-refractivity contribution in [1.82, 2.24) is 9.21 Å². The normalized spacial score (nSPS) is 20.8. The van der Waals surface area contributed by atoms with Crippen molar-refractivity contribution in [2.75, 3.05) is 26.2 Å². The lowest BCUT2D eigenvalue weighted by Crippen LogP contribution is -2.59. The Balaban J connectivity index is 1.33. The number of nitrogens with two attached hydrogens (primary N) is 1. The van der Waals surface area contributed by atoms with E-state index in [-0.39, 0.29) is 43.0 Å². The van der Waals surface area contributed by atoms with E-state index in [4.69, 9.17) is 10.5 Å². The third kappa shape index (κ3) is 4.39. The molecule has 1 saturated carbocycles. The molecule has 2 aromatic carbocycles. The minimum atomic E-state index is -4.10. The Morgan fingerprint density at radius 2 is 1.77 bits per heavy atom. The Hall–Kier alpha value is -3.02. The number of hydrogen-bond acceptors (Lipinski definition) is 6.